The molecule has 0 bridgehead atoms. The average Bonchev–Trinajstić information content (AvgIpc) is 2.13. The topological polar surface area (TPSA) is 46.2 Å². The second kappa shape index (κ2) is 5.19. The molecule has 1 aromatic rings. The van der Waals surface area contributed by atoms with Crippen LogP contribution in [-0.4, -0.2) is 14.7 Å². The van der Waals surface area contributed by atoms with Gasteiger partial charge in [0.15, 0.2) is 0 Å². The van der Waals surface area contributed by atoms with Crippen LogP contribution in [0.3, 0.4) is 0 Å². The lowest BCUT2D eigenvalue weighted by atomic mass is 9.92. The molecule has 1 unspecified atom stereocenters. The van der Waals surface area contributed by atoms with Gasteiger partial charge in [-0.25, -0.2) is 13.1 Å². The predicted molar refractivity (Wildman–Crippen MR) is 71.5 cm³/mol. The fraction of sp³-hybridized carbons (Fsp3) is 0.538. The molecule has 0 fully saturated rings. The highest BCUT2D eigenvalue weighted by Crippen LogP contribution is 2.25. The van der Waals surface area contributed by atoms with Crippen LogP contribution in [0.25, 0.3) is 0 Å². The van der Waals surface area contributed by atoms with E-state index in [4.69, 9.17) is 0 Å². The molecule has 0 aliphatic heterocycles. The van der Waals surface area contributed by atoms with E-state index in [1.165, 1.54) is 11.8 Å². The first-order valence-corrected chi connectivity index (χ1v) is 7.64. The molecule has 0 spiro atoms. The van der Waals surface area contributed by atoms with Crippen LogP contribution >= 0.6 is 0 Å². The van der Waals surface area contributed by atoms with Crippen LogP contribution in [0, 0.1) is 19.8 Å². The van der Waals surface area contributed by atoms with Crippen molar-refractivity contribution in [2.45, 2.75) is 33.7 Å². The highest BCUT2D eigenvalue weighted by Gasteiger charge is 2.21. The van der Waals surface area contributed by atoms with Crippen molar-refractivity contribution in [2.75, 3.05) is 6.26 Å². The molecule has 1 rings (SSSR count). The molecule has 3 nitrogen and oxygen atoms in total. The summed E-state index contributed by atoms with van der Waals surface area (Å²) in [6, 6.07) is 5.94. The standard InChI is InChI=1S/C13H21NO2S/c1-9(2)13(14-17(5,15)16)12-7-6-10(3)8-11(12)4/h6-9,13-14H,1-5H3. The number of sulfonamides is 1. The van der Waals surface area contributed by atoms with E-state index in [0.29, 0.717) is 0 Å². The molecule has 0 aliphatic carbocycles. The Morgan fingerprint density at radius 1 is 1.18 bits per heavy atom. The number of benzene rings is 1. The zero-order valence-corrected chi connectivity index (χ0v) is 11.9. The molecule has 0 saturated heterocycles. The van der Waals surface area contributed by atoms with Crippen molar-refractivity contribution in [2.24, 2.45) is 5.92 Å². The number of nitrogens with one attached hydrogen (secondary N) is 1. The molecule has 4 heteroatoms. The number of hydrogen-bond acceptors (Lipinski definition) is 2. The van der Waals surface area contributed by atoms with Crippen LogP contribution in [0.5, 0.6) is 0 Å². The molecule has 96 valence electrons. The maximum absolute atomic E-state index is 11.4. The Bertz CT molecular complexity index is 492. The van der Waals surface area contributed by atoms with Gasteiger partial charge in [-0.2, -0.15) is 0 Å². The van der Waals surface area contributed by atoms with Crippen molar-refractivity contribution in [1.29, 1.82) is 0 Å². The molecule has 0 aromatic heterocycles. The highest BCUT2D eigenvalue weighted by atomic mass is 32.2. The highest BCUT2D eigenvalue weighted by molar-refractivity contribution is 7.88. The van der Waals surface area contributed by atoms with Crippen LogP contribution in [-0.2, 0) is 10.0 Å². The van der Waals surface area contributed by atoms with Gasteiger partial charge in [-0.1, -0.05) is 37.6 Å². The summed E-state index contributed by atoms with van der Waals surface area (Å²) in [5.74, 6) is 0.214. The third-order valence-corrected chi connectivity index (χ3v) is 3.45. The monoisotopic (exact) mass is 255 g/mol. The maximum Gasteiger partial charge on any atom is 0.209 e. The molecule has 0 saturated carbocycles. The zero-order chi connectivity index (χ0) is 13.2. The second-order valence-electron chi connectivity index (χ2n) is 4.97. The van der Waals surface area contributed by atoms with Crippen LogP contribution in [0.1, 0.15) is 36.6 Å². The third-order valence-electron chi connectivity index (χ3n) is 2.77. The van der Waals surface area contributed by atoms with Gasteiger partial charge in [-0.3, -0.25) is 0 Å². The van der Waals surface area contributed by atoms with Crippen molar-refractivity contribution < 1.29 is 8.42 Å². The molecule has 1 aromatic carbocycles. The van der Waals surface area contributed by atoms with E-state index < -0.39 is 10.0 Å². The fourth-order valence-electron chi connectivity index (χ4n) is 1.96. The van der Waals surface area contributed by atoms with Gasteiger partial charge in [-0.15, -0.1) is 0 Å². The molecule has 0 amide bonds. The molecule has 1 N–H and O–H groups in total. The Hall–Kier alpha value is -0.870. The molecule has 0 radical (unpaired) electrons. The van der Waals surface area contributed by atoms with Gasteiger partial charge in [0, 0.05) is 6.04 Å². The average molecular weight is 255 g/mol. The first-order chi connectivity index (χ1) is 7.70. The van der Waals surface area contributed by atoms with Crippen LogP contribution in [0.4, 0.5) is 0 Å². The van der Waals surface area contributed by atoms with Crippen molar-refractivity contribution in [1.82, 2.24) is 4.72 Å². The summed E-state index contributed by atoms with van der Waals surface area (Å²) in [4.78, 5) is 0. The van der Waals surface area contributed by atoms with Crippen molar-refractivity contribution in [3.8, 4) is 0 Å². The summed E-state index contributed by atoms with van der Waals surface area (Å²) >= 11 is 0. The summed E-state index contributed by atoms with van der Waals surface area (Å²) in [7, 11) is -3.19. The Morgan fingerprint density at radius 3 is 2.18 bits per heavy atom. The van der Waals surface area contributed by atoms with E-state index in [-0.39, 0.29) is 12.0 Å². The third kappa shape index (κ3) is 4.13. The number of hydrogen-bond donors (Lipinski definition) is 1. The molecule has 0 aliphatic rings. The SMILES string of the molecule is Cc1ccc(C(NS(C)(=O)=O)C(C)C)c(C)c1. The zero-order valence-electron chi connectivity index (χ0n) is 11.1. The summed E-state index contributed by atoms with van der Waals surface area (Å²) in [5.41, 5.74) is 3.36. The Balaban J connectivity index is 3.15. The molecule has 1 atom stereocenters. The summed E-state index contributed by atoms with van der Waals surface area (Å²) < 4.78 is 25.5. The van der Waals surface area contributed by atoms with Crippen molar-refractivity contribution in [3.05, 3.63) is 34.9 Å². The molecule has 17 heavy (non-hydrogen) atoms. The fourth-order valence-corrected chi connectivity index (χ4v) is 2.82. The van der Waals surface area contributed by atoms with Crippen molar-refractivity contribution >= 4 is 10.0 Å². The maximum atomic E-state index is 11.4. The van der Waals surface area contributed by atoms with Crippen LogP contribution in [0.2, 0.25) is 0 Å². The Labute approximate surface area is 104 Å². The molecular formula is C13H21NO2S. The van der Waals surface area contributed by atoms with Crippen molar-refractivity contribution in [3.63, 3.8) is 0 Å². The lowest BCUT2D eigenvalue weighted by molar-refractivity contribution is 0.463. The normalized spacial score (nSPS) is 14.0. The largest absolute Gasteiger partial charge is 0.213 e. The molecule has 0 heterocycles. The van der Waals surface area contributed by atoms with Gasteiger partial charge in [-0.05, 0) is 30.9 Å². The Kier molecular flexibility index (Phi) is 4.33. The van der Waals surface area contributed by atoms with E-state index in [1.807, 2.05) is 39.8 Å². The number of aryl methyl sites for hydroxylation is 2. The van der Waals surface area contributed by atoms with Crippen LogP contribution < -0.4 is 4.72 Å². The summed E-state index contributed by atoms with van der Waals surface area (Å²) in [6.07, 6.45) is 1.20. The smallest absolute Gasteiger partial charge is 0.209 e. The summed E-state index contributed by atoms with van der Waals surface area (Å²) in [6.45, 7) is 8.08. The predicted octanol–water partition coefficient (Wildman–Crippen LogP) is 2.55. The first-order valence-electron chi connectivity index (χ1n) is 5.75. The quantitative estimate of drug-likeness (QED) is 0.898. The van der Waals surface area contributed by atoms with Gasteiger partial charge in [0.05, 0.1) is 6.26 Å². The minimum absolute atomic E-state index is 0.161. The van der Waals surface area contributed by atoms with E-state index in [2.05, 4.69) is 10.8 Å². The van der Waals surface area contributed by atoms with E-state index in [0.717, 1.165) is 11.1 Å². The molecular weight excluding hydrogens is 234 g/mol. The van der Waals surface area contributed by atoms with Crippen LogP contribution in [0.15, 0.2) is 18.2 Å². The minimum Gasteiger partial charge on any atom is -0.213 e. The lowest BCUT2D eigenvalue weighted by Crippen LogP contribution is -2.31. The Morgan fingerprint density at radius 2 is 1.76 bits per heavy atom. The summed E-state index contributed by atoms with van der Waals surface area (Å²) in [5, 5.41) is 0. The van der Waals surface area contributed by atoms with Gasteiger partial charge < -0.3 is 0 Å². The van der Waals surface area contributed by atoms with E-state index in [1.54, 1.807) is 0 Å². The number of rotatable bonds is 4. The van der Waals surface area contributed by atoms with E-state index >= 15 is 0 Å². The van der Waals surface area contributed by atoms with E-state index in [9.17, 15) is 8.42 Å². The minimum atomic E-state index is -3.19. The van der Waals surface area contributed by atoms with Gasteiger partial charge in [0.2, 0.25) is 10.0 Å². The van der Waals surface area contributed by atoms with Gasteiger partial charge >= 0.3 is 0 Å². The van der Waals surface area contributed by atoms with Gasteiger partial charge in [0.25, 0.3) is 0 Å². The van der Waals surface area contributed by atoms with Gasteiger partial charge in [0.1, 0.15) is 0 Å². The lowest BCUT2D eigenvalue weighted by Gasteiger charge is -2.23. The second-order valence-corrected chi connectivity index (χ2v) is 6.75. The first kappa shape index (κ1) is 14.2.